The third kappa shape index (κ3) is 6.04. The van der Waals surface area contributed by atoms with Crippen molar-refractivity contribution in [1.29, 1.82) is 0 Å². The molecule has 0 aliphatic carbocycles. The molecule has 0 bridgehead atoms. The molecule has 0 aliphatic rings. The topological polar surface area (TPSA) is 55.4 Å². The lowest BCUT2D eigenvalue weighted by atomic mass is 10.1. The molecule has 1 atom stereocenters. The van der Waals surface area contributed by atoms with Gasteiger partial charge in [-0.2, -0.15) is 0 Å². The molecular formula is C15H21NO3. The van der Waals surface area contributed by atoms with Crippen molar-refractivity contribution in [3.63, 3.8) is 0 Å². The molecule has 1 amide bonds. The first kappa shape index (κ1) is 15.2. The number of nitrogens with one attached hydrogen (secondary N) is 1. The maximum absolute atomic E-state index is 11.6. The maximum atomic E-state index is 11.6. The first-order chi connectivity index (χ1) is 8.80. The summed E-state index contributed by atoms with van der Waals surface area (Å²) < 4.78 is 5.19. The van der Waals surface area contributed by atoms with E-state index in [2.05, 4.69) is 5.32 Å². The lowest BCUT2D eigenvalue weighted by Crippen LogP contribution is -2.38. The van der Waals surface area contributed by atoms with Crippen LogP contribution in [0.25, 0.3) is 0 Å². The molecule has 0 heterocycles. The molecule has 0 saturated carbocycles. The van der Waals surface area contributed by atoms with Crippen molar-refractivity contribution in [1.82, 2.24) is 5.32 Å². The lowest BCUT2D eigenvalue weighted by molar-refractivity contribution is 0.0508. The minimum atomic E-state index is -0.491. The Balaban J connectivity index is 2.48. The van der Waals surface area contributed by atoms with E-state index in [4.69, 9.17) is 4.74 Å². The number of alkyl carbamates (subject to hydrolysis) is 1. The summed E-state index contributed by atoms with van der Waals surface area (Å²) >= 11 is 0. The number of carbonyl (C=O) groups is 2. The molecule has 0 fully saturated rings. The van der Waals surface area contributed by atoms with Crippen molar-refractivity contribution in [2.24, 2.45) is 0 Å². The van der Waals surface area contributed by atoms with Gasteiger partial charge in [-0.15, -0.1) is 0 Å². The van der Waals surface area contributed by atoms with E-state index in [-0.39, 0.29) is 6.04 Å². The molecule has 0 aromatic heterocycles. The highest BCUT2D eigenvalue weighted by Gasteiger charge is 2.17. The van der Waals surface area contributed by atoms with E-state index in [1.807, 2.05) is 39.8 Å². The number of benzene rings is 1. The van der Waals surface area contributed by atoms with Gasteiger partial charge >= 0.3 is 6.09 Å². The molecule has 19 heavy (non-hydrogen) atoms. The fourth-order valence-corrected chi connectivity index (χ4v) is 1.65. The van der Waals surface area contributed by atoms with Crippen LogP contribution in [0.3, 0.4) is 0 Å². The van der Waals surface area contributed by atoms with Crippen LogP contribution in [0, 0.1) is 0 Å². The minimum absolute atomic E-state index is 0.0306. The number of carbonyl (C=O) groups excluding carboxylic acids is 2. The Hall–Kier alpha value is -1.84. The van der Waals surface area contributed by atoms with Crippen LogP contribution in [0.4, 0.5) is 4.79 Å². The number of rotatable bonds is 4. The zero-order valence-corrected chi connectivity index (χ0v) is 11.9. The maximum Gasteiger partial charge on any atom is 0.407 e. The summed E-state index contributed by atoms with van der Waals surface area (Å²) in [6, 6.07) is 7.27. The van der Waals surface area contributed by atoms with E-state index >= 15 is 0 Å². The first-order valence-electron chi connectivity index (χ1n) is 6.34. The van der Waals surface area contributed by atoms with Gasteiger partial charge in [-0.25, -0.2) is 4.79 Å². The molecule has 4 heteroatoms. The summed E-state index contributed by atoms with van der Waals surface area (Å²) in [5, 5.41) is 2.78. The van der Waals surface area contributed by atoms with Crippen LogP contribution in [0.2, 0.25) is 0 Å². The van der Waals surface area contributed by atoms with Crippen molar-refractivity contribution >= 4 is 12.4 Å². The summed E-state index contributed by atoms with van der Waals surface area (Å²) in [5.74, 6) is 0. The molecular weight excluding hydrogens is 242 g/mol. The van der Waals surface area contributed by atoms with Gasteiger partial charge in [-0.05, 0) is 39.7 Å². The molecule has 1 aromatic carbocycles. The molecule has 1 rings (SSSR count). The Morgan fingerprint density at radius 2 is 1.89 bits per heavy atom. The number of ether oxygens (including phenoxy) is 1. The van der Waals surface area contributed by atoms with Gasteiger partial charge < -0.3 is 10.1 Å². The molecule has 104 valence electrons. The summed E-state index contributed by atoms with van der Waals surface area (Å²) in [7, 11) is 0. The summed E-state index contributed by atoms with van der Waals surface area (Å²) in [4.78, 5) is 22.1. The second kappa shape index (κ2) is 6.36. The average molecular weight is 263 g/mol. The van der Waals surface area contributed by atoms with Gasteiger partial charge in [0.2, 0.25) is 0 Å². The Kier molecular flexibility index (Phi) is 5.10. The number of hydrogen-bond donors (Lipinski definition) is 1. The van der Waals surface area contributed by atoms with Crippen molar-refractivity contribution in [2.45, 2.75) is 45.8 Å². The van der Waals surface area contributed by atoms with Gasteiger partial charge in [-0.3, -0.25) is 4.79 Å². The van der Waals surface area contributed by atoms with Crippen molar-refractivity contribution < 1.29 is 14.3 Å². The molecule has 4 nitrogen and oxygen atoms in total. The first-order valence-corrected chi connectivity index (χ1v) is 6.34. The van der Waals surface area contributed by atoms with E-state index in [9.17, 15) is 9.59 Å². The predicted octanol–water partition coefficient (Wildman–Crippen LogP) is 2.95. The smallest absolute Gasteiger partial charge is 0.407 e. The van der Waals surface area contributed by atoms with Gasteiger partial charge in [-0.1, -0.05) is 24.3 Å². The highest BCUT2D eigenvalue weighted by molar-refractivity contribution is 5.74. The number of amides is 1. The monoisotopic (exact) mass is 263 g/mol. The highest BCUT2D eigenvalue weighted by atomic mass is 16.6. The molecule has 0 spiro atoms. The molecule has 1 aromatic rings. The van der Waals surface area contributed by atoms with E-state index < -0.39 is 11.7 Å². The molecule has 0 radical (unpaired) electrons. The van der Waals surface area contributed by atoms with Crippen molar-refractivity contribution in [3.8, 4) is 0 Å². The molecule has 1 N–H and O–H groups in total. The van der Waals surface area contributed by atoms with Crippen LogP contribution >= 0.6 is 0 Å². The normalized spacial score (nSPS) is 12.6. The van der Waals surface area contributed by atoms with Crippen LogP contribution in [-0.4, -0.2) is 24.0 Å². The fourth-order valence-electron chi connectivity index (χ4n) is 1.65. The standard InChI is InChI=1S/C15H21NO3/c1-11(16-14(18)19-15(2,3)4)9-12-5-7-13(10-17)8-6-12/h5-8,10-11H,9H2,1-4H3,(H,16,18). The lowest BCUT2D eigenvalue weighted by Gasteiger charge is -2.22. The Labute approximate surface area is 114 Å². The highest BCUT2D eigenvalue weighted by Crippen LogP contribution is 2.08. The third-order valence-electron chi connectivity index (χ3n) is 2.42. The Morgan fingerprint density at radius 1 is 1.32 bits per heavy atom. The van der Waals surface area contributed by atoms with Crippen LogP contribution in [-0.2, 0) is 11.2 Å². The SMILES string of the molecule is CC(Cc1ccc(C=O)cc1)NC(=O)OC(C)(C)C. The second-order valence-electron chi connectivity index (χ2n) is 5.61. The van der Waals surface area contributed by atoms with Crippen LogP contribution in [0.1, 0.15) is 43.6 Å². The predicted molar refractivity (Wildman–Crippen MR) is 74.4 cm³/mol. The van der Waals surface area contributed by atoms with E-state index in [1.54, 1.807) is 12.1 Å². The average Bonchev–Trinajstić information content (AvgIpc) is 2.27. The largest absolute Gasteiger partial charge is 0.444 e. The van der Waals surface area contributed by atoms with Gasteiger partial charge in [0, 0.05) is 11.6 Å². The third-order valence-corrected chi connectivity index (χ3v) is 2.42. The summed E-state index contributed by atoms with van der Waals surface area (Å²) in [6.07, 6.45) is 1.09. The zero-order valence-electron chi connectivity index (χ0n) is 11.9. The van der Waals surface area contributed by atoms with E-state index in [1.165, 1.54) is 0 Å². The number of aldehydes is 1. The van der Waals surface area contributed by atoms with Gasteiger partial charge in [0.1, 0.15) is 11.9 Å². The van der Waals surface area contributed by atoms with Gasteiger partial charge in [0.15, 0.2) is 0 Å². The molecule has 0 aliphatic heterocycles. The quantitative estimate of drug-likeness (QED) is 0.850. The van der Waals surface area contributed by atoms with Crippen molar-refractivity contribution in [3.05, 3.63) is 35.4 Å². The minimum Gasteiger partial charge on any atom is -0.444 e. The Bertz CT molecular complexity index is 432. The zero-order chi connectivity index (χ0) is 14.5. The van der Waals surface area contributed by atoms with Crippen LogP contribution in [0.15, 0.2) is 24.3 Å². The molecule has 1 unspecified atom stereocenters. The second-order valence-corrected chi connectivity index (χ2v) is 5.61. The molecule has 0 saturated heterocycles. The van der Waals surface area contributed by atoms with Crippen LogP contribution in [0.5, 0.6) is 0 Å². The van der Waals surface area contributed by atoms with E-state index in [0.717, 1.165) is 11.8 Å². The fraction of sp³-hybridized carbons (Fsp3) is 0.467. The van der Waals surface area contributed by atoms with Gasteiger partial charge in [0.25, 0.3) is 0 Å². The Morgan fingerprint density at radius 3 is 2.37 bits per heavy atom. The summed E-state index contributed by atoms with van der Waals surface area (Å²) in [5.41, 5.74) is 1.22. The summed E-state index contributed by atoms with van der Waals surface area (Å²) in [6.45, 7) is 7.40. The van der Waals surface area contributed by atoms with Gasteiger partial charge in [0.05, 0.1) is 0 Å². The van der Waals surface area contributed by atoms with Crippen molar-refractivity contribution in [2.75, 3.05) is 0 Å². The van der Waals surface area contributed by atoms with Crippen LogP contribution < -0.4 is 5.32 Å². The number of hydrogen-bond acceptors (Lipinski definition) is 3. The van der Waals surface area contributed by atoms with E-state index in [0.29, 0.717) is 12.0 Å².